The average Bonchev–Trinajstić information content (AvgIpc) is 2.85. The van der Waals surface area contributed by atoms with Gasteiger partial charge in [-0.25, -0.2) is 4.79 Å². The van der Waals surface area contributed by atoms with Crippen molar-refractivity contribution in [3.05, 3.63) is 11.9 Å². The molecular formula is C17H32N4O2. The van der Waals surface area contributed by atoms with Crippen molar-refractivity contribution in [3.8, 4) is 0 Å². The third-order valence-corrected chi connectivity index (χ3v) is 4.35. The number of nitrogens with one attached hydrogen (secondary N) is 2. The molecule has 132 valence electrons. The minimum Gasteiger partial charge on any atom is -0.388 e. The van der Waals surface area contributed by atoms with Crippen molar-refractivity contribution in [2.45, 2.75) is 66.5 Å². The molecule has 0 fully saturated rings. The van der Waals surface area contributed by atoms with E-state index in [9.17, 15) is 9.90 Å². The largest absolute Gasteiger partial charge is 0.388 e. The molecule has 1 aromatic rings. The molecule has 3 N–H and O–H groups in total. The Hall–Kier alpha value is -1.56. The first-order valence-electron chi connectivity index (χ1n) is 8.53. The van der Waals surface area contributed by atoms with Gasteiger partial charge in [-0.2, -0.15) is 5.10 Å². The summed E-state index contributed by atoms with van der Waals surface area (Å²) in [5.74, 6) is 0.607. The van der Waals surface area contributed by atoms with Gasteiger partial charge in [-0.1, -0.05) is 41.0 Å². The van der Waals surface area contributed by atoms with E-state index < -0.39 is 5.60 Å². The minimum absolute atomic E-state index is 0.114. The summed E-state index contributed by atoms with van der Waals surface area (Å²) in [6, 6.07) is -0.313. The predicted octanol–water partition coefficient (Wildman–Crippen LogP) is 3.02. The van der Waals surface area contributed by atoms with E-state index in [1.165, 1.54) is 0 Å². The summed E-state index contributed by atoms with van der Waals surface area (Å²) in [7, 11) is 0. The van der Waals surface area contributed by atoms with Crippen LogP contribution in [0.15, 0.2) is 6.20 Å². The summed E-state index contributed by atoms with van der Waals surface area (Å²) < 4.78 is 1.94. The molecule has 0 spiro atoms. The van der Waals surface area contributed by atoms with Crippen LogP contribution >= 0.6 is 0 Å². The Morgan fingerprint density at radius 2 is 2.04 bits per heavy atom. The van der Waals surface area contributed by atoms with Gasteiger partial charge in [0.15, 0.2) is 0 Å². The van der Waals surface area contributed by atoms with Gasteiger partial charge in [-0.05, 0) is 25.2 Å². The lowest BCUT2D eigenvalue weighted by Gasteiger charge is -2.29. The molecule has 1 aromatic heterocycles. The highest BCUT2D eigenvalue weighted by atomic mass is 16.3. The summed E-state index contributed by atoms with van der Waals surface area (Å²) in [5, 5.41) is 20.3. The van der Waals surface area contributed by atoms with Crippen molar-refractivity contribution in [2.24, 2.45) is 11.8 Å². The van der Waals surface area contributed by atoms with E-state index in [1.807, 2.05) is 25.5 Å². The third kappa shape index (κ3) is 5.53. The summed E-state index contributed by atoms with van der Waals surface area (Å²) in [6.07, 6.45) is 3.35. The second-order valence-corrected chi connectivity index (χ2v) is 6.91. The molecule has 0 aliphatic heterocycles. The van der Waals surface area contributed by atoms with Gasteiger partial charge in [0.2, 0.25) is 0 Å². The number of carbonyl (C=O) groups is 1. The van der Waals surface area contributed by atoms with E-state index in [-0.39, 0.29) is 18.5 Å². The normalized spacial score (nSPS) is 15.3. The lowest BCUT2D eigenvalue weighted by Crippen LogP contribution is -2.46. The fourth-order valence-corrected chi connectivity index (χ4v) is 2.43. The van der Waals surface area contributed by atoms with E-state index in [1.54, 1.807) is 13.1 Å². The van der Waals surface area contributed by atoms with E-state index in [0.29, 0.717) is 5.92 Å². The highest BCUT2D eigenvalue weighted by Crippen LogP contribution is 2.19. The molecule has 23 heavy (non-hydrogen) atoms. The predicted molar refractivity (Wildman–Crippen MR) is 93.5 cm³/mol. The number of nitrogens with zero attached hydrogens (tertiary/aromatic N) is 2. The number of urea groups is 1. The fraction of sp³-hybridized carbons (Fsp3) is 0.765. The fourth-order valence-electron chi connectivity index (χ4n) is 2.43. The van der Waals surface area contributed by atoms with Gasteiger partial charge in [0.1, 0.15) is 0 Å². The first-order valence-corrected chi connectivity index (χ1v) is 8.53. The van der Waals surface area contributed by atoms with Crippen LogP contribution < -0.4 is 10.6 Å². The maximum Gasteiger partial charge on any atom is 0.319 e. The maximum absolute atomic E-state index is 12.1. The van der Waals surface area contributed by atoms with Gasteiger partial charge in [0.25, 0.3) is 0 Å². The highest BCUT2D eigenvalue weighted by molar-refractivity contribution is 5.89. The van der Waals surface area contributed by atoms with E-state index in [0.717, 1.165) is 30.8 Å². The quantitative estimate of drug-likeness (QED) is 0.688. The number of aromatic nitrogens is 2. The molecule has 6 heteroatoms. The Balaban J connectivity index is 2.66. The van der Waals surface area contributed by atoms with Crippen LogP contribution in [-0.2, 0) is 13.0 Å². The molecule has 2 unspecified atom stereocenters. The van der Waals surface area contributed by atoms with Crippen LogP contribution in [0.4, 0.5) is 10.5 Å². The van der Waals surface area contributed by atoms with Crippen molar-refractivity contribution in [1.29, 1.82) is 0 Å². The number of amides is 2. The standard InChI is InChI=1S/C17H32N4O2/c1-7-13(5)17(6,23)11-18-16(22)20-14-9-19-21(10-12(3)4)15(14)8-2/h9,12-13,23H,7-8,10-11H2,1-6H3,(H2,18,20,22). The topological polar surface area (TPSA) is 79.2 Å². The molecule has 0 bridgehead atoms. The smallest absolute Gasteiger partial charge is 0.319 e. The number of aliphatic hydroxyl groups is 1. The molecule has 6 nitrogen and oxygen atoms in total. The molecule has 0 radical (unpaired) electrons. The van der Waals surface area contributed by atoms with Gasteiger partial charge < -0.3 is 15.7 Å². The van der Waals surface area contributed by atoms with Gasteiger partial charge in [0.05, 0.1) is 23.2 Å². The molecule has 2 atom stereocenters. The lowest BCUT2D eigenvalue weighted by molar-refractivity contribution is 0.00827. The average molecular weight is 324 g/mol. The number of hydrogen-bond donors (Lipinski definition) is 3. The number of carbonyl (C=O) groups excluding carboxylic acids is 1. The van der Waals surface area contributed by atoms with Gasteiger partial charge >= 0.3 is 6.03 Å². The SMILES string of the molecule is CCc1c(NC(=O)NCC(C)(O)C(C)CC)cnn1CC(C)C. The molecule has 1 heterocycles. The minimum atomic E-state index is -0.915. The second kappa shape index (κ2) is 8.34. The molecule has 0 aromatic carbocycles. The maximum atomic E-state index is 12.1. The third-order valence-electron chi connectivity index (χ3n) is 4.35. The zero-order valence-electron chi connectivity index (χ0n) is 15.3. The molecule has 2 amide bonds. The summed E-state index contributed by atoms with van der Waals surface area (Å²) in [5.41, 5.74) is 0.831. The molecule has 0 aliphatic rings. The Morgan fingerprint density at radius 3 is 2.57 bits per heavy atom. The Labute approximate surface area is 139 Å². The van der Waals surface area contributed by atoms with E-state index in [4.69, 9.17) is 0 Å². The van der Waals surface area contributed by atoms with Crippen LogP contribution in [0.1, 0.15) is 53.7 Å². The second-order valence-electron chi connectivity index (χ2n) is 6.91. The van der Waals surface area contributed by atoms with E-state index >= 15 is 0 Å². The zero-order chi connectivity index (χ0) is 17.6. The van der Waals surface area contributed by atoms with E-state index in [2.05, 4.69) is 29.6 Å². The monoisotopic (exact) mass is 324 g/mol. The van der Waals surface area contributed by atoms with Crippen molar-refractivity contribution in [3.63, 3.8) is 0 Å². The highest BCUT2D eigenvalue weighted by Gasteiger charge is 2.27. The van der Waals surface area contributed by atoms with Crippen LogP contribution in [0.25, 0.3) is 0 Å². The summed E-state index contributed by atoms with van der Waals surface area (Å²) in [4.78, 5) is 12.1. The van der Waals surface area contributed by atoms with Gasteiger partial charge in [-0.15, -0.1) is 0 Å². The molecule has 0 saturated carbocycles. The molecule has 1 rings (SSSR count). The van der Waals surface area contributed by atoms with Crippen molar-refractivity contribution in [2.75, 3.05) is 11.9 Å². The molecule has 0 aliphatic carbocycles. The molecular weight excluding hydrogens is 292 g/mol. The lowest BCUT2D eigenvalue weighted by atomic mass is 9.89. The van der Waals surface area contributed by atoms with Gasteiger partial charge in [0, 0.05) is 13.1 Å². The Kier molecular flexibility index (Phi) is 7.06. The van der Waals surface area contributed by atoms with Gasteiger partial charge in [-0.3, -0.25) is 4.68 Å². The number of rotatable bonds is 8. The van der Waals surface area contributed by atoms with Crippen LogP contribution in [0.2, 0.25) is 0 Å². The first-order chi connectivity index (χ1) is 10.7. The van der Waals surface area contributed by atoms with Crippen molar-refractivity contribution >= 4 is 11.7 Å². The molecule has 0 saturated heterocycles. The first kappa shape index (κ1) is 19.5. The number of hydrogen-bond acceptors (Lipinski definition) is 3. The van der Waals surface area contributed by atoms with Crippen LogP contribution in [0.3, 0.4) is 0 Å². The summed E-state index contributed by atoms with van der Waals surface area (Å²) >= 11 is 0. The Morgan fingerprint density at radius 1 is 1.39 bits per heavy atom. The number of anilines is 1. The van der Waals surface area contributed by atoms with Crippen LogP contribution in [0.5, 0.6) is 0 Å². The van der Waals surface area contributed by atoms with Crippen LogP contribution in [0, 0.1) is 11.8 Å². The van der Waals surface area contributed by atoms with Crippen LogP contribution in [-0.4, -0.2) is 33.1 Å². The van der Waals surface area contributed by atoms with Crippen molar-refractivity contribution < 1.29 is 9.90 Å². The van der Waals surface area contributed by atoms with Crippen molar-refractivity contribution in [1.82, 2.24) is 15.1 Å². The summed E-state index contributed by atoms with van der Waals surface area (Å²) in [6.45, 7) is 13.1. The Bertz CT molecular complexity index is 509. The zero-order valence-corrected chi connectivity index (χ0v) is 15.3.